The summed E-state index contributed by atoms with van der Waals surface area (Å²) in [5.74, 6) is -2.17. The minimum absolute atomic E-state index is 0.0266. The highest BCUT2D eigenvalue weighted by molar-refractivity contribution is 6.36. The number of carbonyl (C=O) groups excluding carboxylic acids is 1. The van der Waals surface area contributed by atoms with Gasteiger partial charge in [0.1, 0.15) is 5.82 Å². The average molecular weight is 320 g/mol. The van der Waals surface area contributed by atoms with E-state index in [9.17, 15) is 14.0 Å². The molecule has 108 valence electrons. The average Bonchev–Trinajstić information content (AvgIpc) is 3.16. The van der Waals surface area contributed by atoms with Crippen molar-refractivity contribution in [1.82, 2.24) is 5.32 Å². The van der Waals surface area contributed by atoms with E-state index in [0.717, 1.165) is 25.0 Å². The molecular weight excluding hydrogens is 308 g/mol. The van der Waals surface area contributed by atoms with Crippen LogP contribution in [0.1, 0.15) is 29.6 Å². The normalized spacial score (nSPS) is 15.8. The Bertz CT molecular complexity index is 561. The topological polar surface area (TPSA) is 66.4 Å². The Morgan fingerprint density at radius 1 is 1.35 bits per heavy atom. The zero-order chi connectivity index (χ0) is 14.9. The Kier molecular flexibility index (Phi) is 4.50. The number of hydrogen-bond acceptors (Lipinski definition) is 2. The Morgan fingerprint density at radius 2 is 2.00 bits per heavy atom. The van der Waals surface area contributed by atoms with E-state index in [1.807, 2.05) is 0 Å². The minimum atomic E-state index is -0.990. The van der Waals surface area contributed by atoms with Crippen LogP contribution in [0.2, 0.25) is 10.0 Å². The van der Waals surface area contributed by atoms with Crippen LogP contribution in [0.15, 0.2) is 12.1 Å². The summed E-state index contributed by atoms with van der Waals surface area (Å²) in [7, 11) is 0. The molecular formula is C13H12Cl2FNO3. The van der Waals surface area contributed by atoms with Gasteiger partial charge in [-0.1, -0.05) is 23.2 Å². The summed E-state index contributed by atoms with van der Waals surface area (Å²) in [5, 5.41) is 11.3. The van der Waals surface area contributed by atoms with Gasteiger partial charge < -0.3 is 10.4 Å². The predicted octanol–water partition coefficient (Wildman–Crippen LogP) is 3.12. The van der Waals surface area contributed by atoms with Crippen molar-refractivity contribution < 1.29 is 19.1 Å². The molecule has 1 fully saturated rings. The van der Waals surface area contributed by atoms with Crippen LogP contribution in [0.5, 0.6) is 0 Å². The van der Waals surface area contributed by atoms with Gasteiger partial charge in [-0.25, -0.2) is 4.39 Å². The van der Waals surface area contributed by atoms with E-state index in [1.165, 1.54) is 0 Å². The number of aliphatic carboxylic acids is 1. The van der Waals surface area contributed by atoms with Crippen molar-refractivity contribution in [3.8, 4) is 0 Å². The van der Waals surface area contributed by atoms with Gasteiger partial charge in [0.05, 0.1) is 22.0 Å². The number of hydrogen-bond donors (Lipinski definition) is 2. The lowest BCUT2D eigenvalue weighted by molar-refractivity contribution is -0.137. The van der Waals surface area contributed by atoms with Gasteiger partial charge in [0, 0.05) is 6.04 Å². The third-order valence-electron chi connectivity index (χ3n) is 3.16. The lowest BCUT2D eigenvalue weighted by Crippen LogP contribution is -2.38. The monoisotopic (exact) mass is 319 g/mol. The summed E-state index contributed by atoms with van der Waals surface area (Å²) in [6, 6.07) is 1.64. The first-order valence-corrected chi connectivity index (χ1v) is 6.81. The van der Waals surface area contributed by atoms with Crippen LogP contribution < -0.4 is 5.32 Å². The van der Waals surface area contributed by atoms with Crippen molar-refractivity contribution in [2.45, 2.75) is 25.3 Å². The molecule has 1 aliphatic carbocycles. The van der Waals surface area contributed by atoms with E-state index in [2.05, 4.69) is 5.32 Å². The number of halogens is 3. The van der Waals surface area contributed by atoms with Crippen molar-refractivity contribution in [2.24, 2.45) is 5.92 Å². The molecule has 0 bridgehead atoms. The van der Waals surface area contributed by atoms with Crippen LogP contribution in [0.25, 0.3) is 0 Å². The summed E-state index contributed by atoms with van der Waals surface area (Å²) in [4.78, 5) is 22.8. The third-order valence-corrected chi connectivity index (χ3v) is 3.76. The standard InChI is InChI=1S/C13H12Cl2FNO3/c14-8-4-9(15)10(16)3-7(8)13(20)17-11(5-12(18)19)6-1-2-6/h3-4,6,11H,1-2,5H2,(H,17,20)(H,18,19). The summed E-state index contributed by atoms with van der Waals surface area (Å²) < 4.78 is 13.4. The van der Waals surface area contributed by atoms with E-state index < -0.39 is 23.7 Å². The first-order chi connectivity index (χ1) is 9.38. The fourth-order valence-corrected chi connectivity index (χ4v) is 2.43. The van der Waals surface area contributed by atoms with Crippen molar-refractivity contribution in [1.29, 1.82) is 0 Å². The molecule has 1 aromatic carbocycles. The molecule has 4 nitrogen and oxygen atoms in total. The molecule has 1 atom stereocenters. The Labute approximate surface area is 124 Å². The molecule has 0 heterocycles. The van der Waals surface area contributed by atoms with Crippen LogP contribution >= 0.6 is 23.2 Å². The summed E-state index contributed by atoms with van der Waals surface area (Å²) in [6.07, 6.45) is 1.59. The summed E-state index contributed by atoms with van der Waals surface area (Å²) in [6.45, 7) is 0. The number of amides is 1. The quantitative estimate of drug-likeness (QED) is 0.819. The Morgan fingerprint density at radius 3 is 2.55 bits per heavy atom. The van der Waals surface area contributed by atoms with Gasteiger partial charge in [-0.2, -0.15) is 0 Å². The van der Waals surface area contributed by atoms with E-state index >= 15 is 0 Å². The highest BCUT2D eigenvalue weighted by Gasteiger charge is 2.34. The molecule has 1 unspecified atom stereocenters. The van der Waals surface area contributed by atoms with Gasteiger partial charge in [0.2, 0.25) is 0 Å². The number of nitrogens with one attached hydrogen (secondary N) is 1. The largest absolute Gasteiger partial charge is 0.481 e. The van der Waals surface area contributed by atoms with Gasteiger partial charge in [0.15, 0.2) is 0 Å². The van der Waals surface area contributed by atoms with E-state index in [1.54, 1.807) is 0 Å². The van der Waals surface area contributed by atoms with Gasteiger partial charge >= 0.3 is 5.97 Å². The predicted molar refractivity (Wildman–Crippen MR) is 72.7 cm³/mol. The third kappa shape index (κ3) is 3.61. The summed E-state index contributed by atoms with van der Waals surface area (Å²) >= 11 is 11.4. The molecule has 0 aliphatic heterocycles. The fourth-order valence-electron chi connectivity index (χ4n) is 1.96. The van der Waals surface area contributed by atoms with Crippen LogP contribution in [-0.2, 0) is 4.79 Å². The molecule has 0 saturated heterocycles. The number of benzene rings is 1. The lowest BCUT2D eigenvalue weighted by atomic mass is 10.1. The molecule has 0 spiro atoms. The number of carboxylic acid groups (broad SMARTS) is 1. The van der Waals surface area contributed by atoms with Crippen molar-refractivity contribution in [3.05, 3.63) is 33.6 Å². The van der Waals surface area contributed by atoms with Crippen LogP contribution in [-0.4, -0.2) is 23.0 Å². The maximum atomic E-state index is 13.4. The molecule has 1 aromatic rings. The number of carbonyl (C=O) groups is 2. The van der Waals surface area contributed by atoms with Gasteiger partial charge in [-0.3, -0.25) is 9.59 Å². The first kappa shape index (κ1) is 15.1. The molecule has 2 rings (SSSR count). The molecule has 1 amide bonds. The minimum Gasteiger partial charge on any atom is -0.481 e. The second-order valence-corrected chi connectivity index (χ2v) is 5.58. The van der Waals surface area contributed by atoms with Gasteiger partial charge in [0.25, 0.3) is 5.91 Å². The molecule has 0 radical (unpaired) electrons. The maximum Gasteiger partial charge on any atom is 0.305 e. The molecule has 1 aliphatic rings. The van der Waals surface area contributed by atoms with Gasteiger partial charge in [-0.15, -0.1) is 0 Å². The van der Waals surface area contributed by atoms with E-state index in [4.69, 9.17) is 28.3 Å². The zero-order valence-electron chi connectivity index (χ0n) is 10.3. The van der Waals surface area contributed by atoms with Crippen LogP contribution in [0, 0.1) is 11.7 Å². The highest BCUT2D eigenvalue weighted by atomic mass is 35.5. The highest BCUT2D eigenvalue weighted by Crippen LogP contribution is 2.34. The SMILES string of the molecule is O=C(O)CC(NC(=O)c1cc(F)c(Cl)cc1Cl)C1CC1. The zero-order valence-corrected chi connectivity index (χ0v) is 11.8. The Balaban J connectivity index is 2.14. The molecule has 7 heteroatoms. The van der Waals surface area contributed by atoms with Crippen LogP contribution in [0.4, 0.5) is 4.39 Å². The second kappa shape index (κ2) is 5.97. The van der Waals surface area contributed by atoms with Crippen molar-refractivity contribution in [3.63, 3.8) is 0 Å². The lowest BCUT2D eigenvalue weighted by Gasteiger charge is -2.16. The van der Waals surface area contributed by atoms with E-state index in [0.29, 0.717) is 0 Å². The summed E-state index contributed by atoms with van der Waals surface area (Å²) in [5.41, 5.74) is -0.0513. The first-order valence-electron chi connectivity index (χ1n) is 6.05. The molecule has 20 heavy (non-hydrogen) atoms. The van der Waals surface area contributed by atoms with Gasteiger partial charge in [-0.05, 0) is 30.9 Å². The van der Waals surface area contributed by atoms with E-state index in [-0.39, 0.29) is 27.9 Å². The molecule has 1 saturated carbocycles. The smallest absolute Gasteiger partial charge is 0.305 e. The number of carboxylic acids is 1. The second-order valence-electron chi connectivity index (χ2n) is 4.76. The Hall–Kier alpha value is -1.33. The van der Waals surface area contributed by atoms with Crippen molar-refractivity contribution >= 4 is 35.1 Å². The number of rotatable bonds is 5. The maximum absolute atomic E-state index is 13.4. The fraction of sp³-hybridized carbons (Fsp3) is 0.385. The van der Waals surface area contributed by atoms with Crippen molar-refractivity contribution in [2.75, 3.05) is 0 Å². The molecule has 2 N–H and O–H groups in total. The van der Waals surface area contributed by atoms with Crippen LogP contribution in [0.3, 0.4) is 0 Å². The molecule has 0 aromatic heterocycles.